The third-order valence-corrected chi connectivity index (χ3v) is 4.23. The van der Waals surface area contributed by atoms with E-state index in [1.165, 1.54) is 0 Å². The zero-order valence-corrected chi connectivity index (χ0v) is 11.2. The summed E-state index contributed by atoms with van der Waals surface area (Å²) in [7, 11) is 0. The molecule has 102 valence electrons. The highest BCUT2D eigenvalue weighted by molar-refractivity contribution is 5.79. The SMILES string of the molecule is O=C([C@@H]1CC=CCC1)N1CCC[C@H](n2cccn2)C1. The fraction of sp³-hybridized carbons (Fsp3) is 0.600. The normalized spacial score (nSPS) is 27.5. The van der Waals surface area contributed by atoms with Gasteiger partial charge in [0, 0.05) is 31.4 Å². The Kier molecular flexibility index (Phi) is 3.67. The van der Waals surface area contributed by atoms with Gasteiger partial charge in [-0.3, -0.25) is 9.48 Å². The highest BCUT2D eigenvalue weighted by atomic mass is 16.2. The average molecular weight is 259 g/mol. The largest absolute Gasteiger partial charge is 0.340 e. The van der Waals surface area contributed by atoms with Gasteiger partial charge in [0.15, 0.2) is 0 Å². The fourth-order valence-corrected chi connectivity index (χ4v) is 3.14. The first-order valence-corrected chi connectivity index (χ1v) is 7.27. The van der Waals surface area contributed by atoms with Crippen LogP contribution < -0.4 is 0 Å². The van der Waals surface area contributed by atoms with E-state index in [9.17, 15) is 4.79 Å². The quantitative estimate of drug-likeness (QED) is 0.765. The molecule has 4 nitrogen and oxygen atoms in total. The number of piperidine rings is 1. The van der Waals surface area contributed by atoms with Crippen molar-refractivity contribution in [2.45, 2.75) is 38.1 Å². The minimum Gasteiger partial charge on any atom is -0.340 e. The van der Waals surface area contributed by atoms with Crippen molar-refractivity contribution in [1.82, 2.24) is 14.7 Å². The maximum atomic E-state index is 12.5. The molecule has 1 aromatic heterocycles. The minimum atomic E-state index is 0.210. The van der Waals surface area contributed by atoms with Crippen LogP contribution in [0.5, 0.6) is 0 Å². The van der Waals surface area contributed by atoms with E-state index in [-0.39, 0.29) is 5.92 Å². The van der Waals surface area contributed by atoms with Crippen molar-refractivity contribution in [3.05, 3.63) is 30.6 Å². The molecule has 0 spiro atoms. The summed E-state index contributed by atoms with van der Waals surface area (Å²) in [5.41, 5.74) is 0. The van der Waals surface area contributed by atoms with Crippen LogP contribution in [-0.2, 0) is 4.79 Å². The number of likely N-dealkylation sites (tertiary alicyclic amines) is 1. The molecule has 1 saturated heterocycles. The molecule has 0 saturated carbocycles. The molecule has 2 heterocycles. The molecular formula is C15H21N3O. The van der Waals surface area contributed by atoms with Crippen LogP contribution in [0.2, 0.25) is 0 Å². The summed E-state index contributed by atoms with van der Waals surface area (Å²) in [6.45, 7) is 1.73. The Labute approximate surface area is 114 Å². The molecule has 1 aliphatic carbocycles. The predicted octanol–water partition coefficient (Wildman–Crippen LogP) is 2.40. The van der Waals surface area contributed by atoms with Gasteiger partial charge in [0.05, 0.1) is 6.04 Å². The average Bonchev–Trinajstić information content (AvgIpc) is 3.02. The van der Waals surface area contributed by atoms with E-state index in [0.29, 0.717) is 11.9 Å². The number of carbonyl (C=O) groups is 1. The lowest BCUT2D eigenvalue weighted by molar-refractivity contribution is -0.137. The van der Waals surface area contributed by atoms with Gasteiger partial charge in [0.2, 0.25) is 5.91 Å². The lowest BCUT2D eigenvalue weighted by Crippen LogP contribution is -2.43. The van der Waals surface area contributed by atoms with Gasteiger partial charge in [-0.25, -0.2) is 0 Å². The van der Waals surface area contributed by atoms with Gasteiger partial charge in [0.1, 0.15) is 0 Å². The first-order valence-electron chi connectivity index (χ1n) is 7.27. The fourth-order valence-electron chi connectivity index (χ4n) is 3.14. The van der Waals surface area contributed by atoms with Gasteiger partial charge in [-0.15, -0.1) is 0 Å². The Morgan fingerprint density at radius 3 is 2.95 bits per heavy atom. The van der Waals surface area contributed by atoms with Crippen LogP contribution in [0.3, 0.4) is 0 Å². The molecule has 4 heteroatoms. The van der Waals surface area contributed by atoms with E-state index in [2.05, 4.69) is 22.2 Å². The second kappa shape index (κ2) is 5.59. The van der Waals surface area contributed by atoms with Crippen molar-refractivity contribution in [1.29, 1.82) is 0 Å². The van der Waals surface area contributed by atoms with Crippen LogP contribution in [0.1, 0.15) is 38.1 Å². The molecule has 0 bridgehead atoms. The molecule has 1 amide bonds. The first-order chi connectivity index (χ1) is 9.34. The predicted molar refractivity (Wildman–Crippen MR) is 73.6 cm³/mol. The Bertz CT molecular complexity index is 452. The number of rotatable bonds is 2. The van der Waals surface area contributed by atoms with Crippen LogP contribution in [0.25, 0.3) is 0 Å². The molecule has 2 aliphatic rings. The first kappa shape index (κ1) is 12.5. The van der Waals surface area contributed by atoms with Gasteiger partial charge in [-0.1, -0.05) is 12.2 Å². The molecule has 0 radical (unpaired) electrons. The number of hydrogen-bond acceptors (Lipinski definition) is 2. The molecular weight excluding hydrogens is 238 g/mol. The van der Waals surface area contributed by atoms with Crippen molar-refractivity contribution >= 4 is 5.91 Å². The van der Waals surface area contributed by atoms with Gasteiger partial charge < -0.3 is 4.90 Å². The van der Waals surface area contributed by atoms with Crippen molar-refractivity contribution < 1.29 is 4.79 Å². The lowest BCUT2D eigenvalue weighted by atomic mass is 9.92. The van der Waals surface area contributed by atoms with E-state index in [0.717, 1.165) is 45.2 Å². The number of hydrogen-bond donors (Lipinski definition) is 0. The van der Waals surface area contributed by atoms with Crippen LogP contribution >= 0.6 is 0 Å². The molecule has 3 rings (SSSR count). The Balaban J connectivity index is 1.64. The zero-order valence-electron chi connectivity index (χ0n) is 11.2. The zero-order chi connectivity index (χ0) is 13.1. The van der Waals surface area contributed by atoms with Crippen molar-refractivity contribution in [3.8, 4) is 0 Å². The van der Waals surface area contributed by atoms with Crippen LogP contribution in [0.4, 0.5) is 0 Å². The number of amides is 1. The molecule has 2 atom stereocenters. The second-order valence-electron chi connectivity index (χ2n) is 5.55. The van der Waals surface area contributed by atoms with Crippen LogP contribution in [0.15, 0.2) is 30.6 Å². The van der Waals surface area contributed by atoms with Crippen molar-refractivity contribution in [2.24, 2.45) is 5.92 Å². The molecule has 0 unspecified atom stereocenters. The molecule has 0 aromatic carbocycles. The summed E-state index contributed by atoms with van der Waals surface area (Å²) < 4.78 is 2.00. The van der Waals surface area contributed by atoms with Crippen molar-refractivity contribution in [2.75, 3.05) is 13.1 Å². The summed E-state index contributed by atoms with van der Waals surface area (Å²) in [5, 5.41) is 4.31. The smallest absolute Gasteiger partial charge is 0.226 e. The summed E-state index contributed by atoms with van der Waals surface area (Å²) >= 11 is 0. The van der Waals surface area contributed by atoms with Gasteiger partial charge >= 0.3 is 0 Å². The lowest BCUT2D eigenvalue weighted by Gasteiger charge is -2.35. The number of allylic oxidation sites excluding steroid dienone is 2. The summed E-state index contributed by atoms with van der Waals surface area (Å²) in [4.78, 5) is 14.6. The van der Waals surface area contributed by atoms with Gasteiger partial charge in [-0.05, 0) is 38.2 Å². The maximum absolute atomic E-state index is 12.5. The number of nitrogens with zero attached hydrogens (tertiary/aromatic N) is 3. The topological polar surface area (TPSA) is 38.1 Å². The van der Waals surface area contributed by atoms with E-state index in [4.69, 9.17) is 0 Å². The Hall–Kier alpha value is -1.58. The second-order valence-corrected chi connectivity index (χ2v) is 5.55. The maximum Gasteiger partial charge on any atom is 0.226 e. The minimum absolute atomic E-state index is 0.210. The van der Waals surface area contributed by atoms with E-state index in [1.807, 2.05) is 23.1 Å². The van der Waals surface area contributed by atoms with E-state index >= 15 is 0 Å². The monoisotopic (exact) mass is 259 g/mol. The summed E-state index contributed by atoms with van der Waals surface area (Å²) in [6.07, 6.45) is 13.3. The summed E-state index contributed by atoms with van der Waals surface area (Å²) in [5.74, 6) is 0.558. The third kappa shape index (κ3) is 2.72. The van der Waals surface area contributed by atoms with E-state index < -0.39 is 0 Å². The number of aromatic nitrogens is 2. The van der Waals surface area contributed by atoms with Gasteiger partial charge in [-0.2, -0.15) is 5.10 Å². The van der Waals surface area contributed by atoms with E-state index in [1.54, 1.807) is 0 Å². The highest BCUT2D eigenvalue weighted by Gasteiger charge is 2.29. The Morgan fingerprint density at radius 2 is 2.21 bits per heavy atom. The van der Waals surface area contributed by atoms with Crippen LogP contribution in [0, 0.1) is 5.92 Å². The van der Waals surface area contributed by atoms with Gasteiger partial charge in [0.25, 0.3) is 0 Å². The van der Waals surface area contributed by atoms with Crippen molar-refractivity contribution in [3.63, 3.8) is 0 Å². The highest BCUT2D eigenvalue weighted by Crippen LogP contribution is 2.25. The van der Waals surface area contributed by atoms with Crippen LogP contribution in [-0.4, -0.2) is 33.7 Å². The Morgan fingerprint density at radius 1 is 1.26 bits per heavy atom. The third-order valence-electron chi connectivity index (χ3n) is 4.23. The molecule has 1 fully saturated rings. The number of carbonyl (C=O) groups excluding carboxylic acids is 1. The standard InChI is InChI=1S/C15H21N3O/c19-15(13-6-2-1-3-7-13)17-10-4-8-14(12-17)18-11-5-9-16-18/h1-2,5,9,11,13-14H,3-4,6-8,10,12H2/t13-,14+/m1/s1. The molecule has 1 aromatic rings. The molecule has 0 N–H and O–H groups in total. The molecule has 19 heavy (non-hydrogen) atoms. The molecule has 1 aliphatic heterocycles. The summed E-state index contributed by atoms with van der Waals surface area (Å²) in [6, 6.07) is 2.30.